The van der Waals surface area contributed by atoms with E-state index in [1.165, 1.54) is 11.1 Å². The van der Waals surface area contributed by atoms with E-state index in [9.17, 15) is 0 Å². The van der Waals surface area contributed by atoms with Crippen LogP contribution in [0.4, 0.5) is 28.4 Å². The fourth-order valence-corrected chi connectivity index (χ4v) is 4.40. The van der Waals surface area contributed by atoms with Crippen molar-refractivity contribution in [2.45, 2.75) is 13.8 Å². The van der Waals surface area contributed by atoms with Crippen molar-refractivity contribution in [2.75, 3.05) is 24.1 Å². The van der Waals surface area contributed by atoms with Gasteiger partial charge in [0.25, 0.3) is 0 Å². The van der Waals surface area contributed by atoms with Crippen molar-refractivity contribution in [2.24, 2.45) is 5.10 Å². The molecule has 200 valence electrons. The third-order valence-corrected chi connectivity index (χ3v) is 6.69. The predicted molar refractivity (Wildman–Crippen MR) is 166 cm³/mol. The maximum atomic E-state index is 5.34. The standard InChI is InChI=1S/C35H33N3O2/c1-26-5-11-29(12-6-26)37(30-13-7-27(2)8-14-30)31-15-9-28(10-16-31)25-36-38(32-17-21-34(39-3)22-18-32)33-19-23-35(40-4)24-20-33/h5-25H,1-4H3. The second-order valence-corrected chi connectivity index (χ2v) is 9.55. The highest BCUT2D eigenvalue weighted by Crippen LogP contribution is 2.35. The zero-order valence-electron chi connectivity index (χ0n) is 23.3. The number of ether oxygens (including phenoxy) is 2. The molecule has 5 heteroatoms. The molecule has 5 nitrogen and oxygen atoms in total. The molecule has 0 aliphatic heterocycles. The SMILES string of the molecule is COc1ccc(N(N=Cc2ccc(N(c3ccc(C)cc3)c3ccc(C)cc3)cc2)c2ccc(OC)cc2)cc1. The lowest BCUT2D eigenvalue weighted by Gasteiger charge is -2.26. The highest BCUT2D eigenvalue weighted by molar-refractivity contribution is 5.84. The molecule has 0 saturated heterocycles. The van der Waals surface area contributed by atoms with Gasteiger partial charge in [-0.15, -0.1) is 0 Å². The van der Waals surface area contributed by atoms with E-state index in [0.29, 0.717) is 0 Å². The van der Waals surface area contributed by atoms with Gasteiger partial charge >= 0.3 is 0 Å². The van der Waals surface area contributed by atoms with Crippen LogP contribution >= 0.6 is 0 Å². The van der Waals surface area contributed by atoms with Gasteiger partial charge in [0, 0.05) is 17.1 Å². The smallest absolute Gasteiger partial charge is 0.119 e. The van der Waals surface area contributed by atoms with E-state index >= 15 is 0 Å². The number of rotatable bonds is 9. The lowest BCUT2D eigenvalue weighted by Crippen LogP contribution is -2.10. The Hall–Kier alpha value is -5.03. The van der Waals surface area contributed by atoms with Crippen LogP contribution in [-0.4, -0.2) is 20.4 Å². The molecule has 0 aromatic heterocycles. The molecule has 40 heavy (non-hydrogen) atoms. The minimum atomic E-state index is 0.796. The first-order valence-corrected chi connectivity index (χ1v) is 13.2. The third kappa shape index (κ3) is 6.16. The third-order valence-electron chi connectivity index (χ3n) is 6.69. The first-order valence-electron chi connectivity index (χ1n) is 13.2. The summed E-state index contributed by atoms with van der Waals surface area (Å²) in [5.41, 5.74) is 8.60. The quantitative estimate of drug-likeness (QED) is 0.142. The van der Waals surface area contributed by atoms with Gasteiger partial charge in [-0.2, -0.15) is 5.10 Å². The van der Waals surface area contributed by atoms with Gasteiger partial charge in [0.05, 0.1) is 31.8 Å². The normalized spacial score (nSPS) is 10.9. The van der Waals surface area contributed by atoms with Gasteiger partial charge in [0.15, 0.2) is 0 Å². The molecule has 5 rings (SSSR count). The molecule has 0 heterocycles. The molecule has 0 amide bonds. The Balaban J connectivity index is 1.46. The van der Waals surface area contributed by atoms with Crippen LogP contribution < -0.4 is 19.4 Å². The van der Waals surface area contributed by atoms with Crippen LogP contribution in [-0.2, 0) is 0 Å². The molecule has 5 aromatic carbocycles. The lowest BCUT2D eigenvalue weighted by molar-refractivity contribution is 0.415. The van der Waals surface area contributed by atoms with E-state index in [2.05, 4.69) is 91.5 Å². The van der Waals surface area contributed by atoms with Gasteiger partial charge in [-0.25, -0.2) is 5.01 Å². The van der Waals surface area contributed by atoms with Crippen LogP contribution in [0.1, 0.15) is 16.7 Å². The van der Waals surface area contributed by atoms with Crippen LogP contribution in [0.3, 0.4) is 0 Å². The Morgan fingerprint density at radius 3 is 1.20 bits per heavy atom. The van der Waals surface area contributed by atoms with E-state index in [4.69, 9.17) is 14.6 Å². The Bertz CT molecular complexity index is 1450. The second-order valence-electron chi connectivity index (χ2n) is 9.55. The maximum Gasteiger partial charge on any atom is 0.119 e. The van der Waals surface area contributed by atoms with E-state index in [0.717, 1.165) is 45.5 Å². The number of hydrogen-bond acceptors (Lipinski definition) is 5. The number of anilines is 5. The van der Waals surface area contributed by atoms with Crippen LogP contribution in [0.2, 0.25) is 0 Å². The van der Waals surface area contributed by atoms with Crippen molar-refractivity contribution in [1.29, 1.82) is 0 Å². The summed E-state index contributed by atoms with van der Waals surface area (Å²) in [5.74, 6) is 1.59. The molecule has 0 unspecified atom stereocenters. The number of methoxy groups -OCH3 is 2. The average molecular weight is 528 g/mol. The Morgan fingerprint density at radius 1 is 0.475 bits per heavy atom. The molecule has 0 bridgehead atoms. The van der Waals surface area contributed by atoms with E-state index in [1.807, 2.05) is 59.8 Å². The fraction of sp³-hybridized carbons (Fsp3) is 0.114. The summed E-state index contributed by atoms with van der Waals surface area (Å²) in [5, 5.41) is 6.77. The van der Waals surface area contributed by atoms with Crippen molar-refractivity contribution in [3.63, 3.8) is 0 Å². The summed E-state index contributed by atoms with van der Waals surface area (Å²) in [6, 6.07) is 41.3. The molecule has 0 spiro atoms. The topological polar surface area (TPSA) is 37.3 Å². The summed E-state index contributed by atoms with van der Waals surface area (Å²) in [6.45, 7) is 4.21. The molecule has 0 saturated carbocycles. The highest BCUT2D eigenvalue weighted by atomic mass is 16.5. The average Bonchev–Trinajstić information content (AvgIpc) is 3.00. The maximum absolute atomic E-state index is 5.34. The molecular formula is C35H33N3O2. The van der Waals surface area contributed by atoms with Crippen LogP contribution in [0.15, 0.2) is 126 Å². The molecule has 5 aromatic rings. The minimum absolute atomic E-state index is 0.796. The Labute approximate surface area is 236 Å². The number of benzene rings is 5. The number of aryl methyl sites for hydroxylation is 2. The second kappa shape index (κ2) is 12.2. The van der Waals surface area contributed by atoms with E-state index < -0.39 is 0 Å². The Kier molecular flexibility index (Phi) is 8.12. The van der Waals surface area contributed by atoms with Crippen molar-refractivity contribution in [3.05, 3.63) is 138 Å². The van der Waals surface area contributed by atoms with Crippen LogP contribution in [0, 0.1) is 13.8 Å². The molecule has 0 N–H and O–H groups in total. The number of hydrogen-bond donors (Lipinski definition) is 0. The van der Waals surface area contributed by atoms with Gasteiger partial charge in [0.1, 0.15) is 11.5 Å². The molecule has 0 radical (unpaired) electrons. The van der Waals surface area contributed by atoms with Gasteiger partial charge in [-0.05, 0) is 104 Å². The molecule has 0 aliphatic carbocycles. The van der Waals surface area contributed by atoms with Gasteiger partial charge in [-0.3, -0.25) is 0 Å². The highest BCUT2D eigenvalue weighted by Gasteiger charge is 2.13. The van der Waals surface area contributed by atoms with Crippen LogP contribution in [0.5, 0.6) is 11.5 Å². The van der Waals surface area contributed by atoms with Gasteiger partial charge in [-0.1, -0.05) is 47.5 Å². The summed E-state index contributed by atoms with van der Waals surface area (Å²) < 4.78 is 10.7. The zero-order chi connectivity index (χ0) is 27.9. The molecule has 0 fully saturated rings. The first kappa shape index (κ1) is 26.6. The van der Waals surface area contributed by atoms with Crippen molar-refractivity contribution >= 4 is 34.7 Å². The first-order chi connectivity index (χ1) is 19.5. The summed E-state index contributed by atoms with van der Waals surface area (Å²) in [6.07, 6.45) is 1.88. The lowest BCUT2D eigenvalue weighted by atomic mass is 10.1. The van der Waals surface area contributed by atoms with E-state index in [1.54, 1.807) is 14.2 Å². The van der Waals surface area contributed by atoms with Crippen molar-refractivity contribution < 1.29 is 9.47 Å². The number of nitrogens with zero attached hydrogens (tertiary/aromatic N) is 3. The largest absolute Gasteiger partial charge is 0.497 e. The van der Waals surface area contributed by atoms with Gasteiger partial charge < -0.3 is 14.4 Å². The monoisotopic (exact) mass is 527 g/mol. The van der Waals surface area contributed by atoms with Crippen LogP contribution in [0.25, 0.3) is 0 Å². The Morgan fingerprint density at radius 2 is 0.825 bits per heavy atom. The van der Waals surface area contributed by atoms with Gasteiger partial charge in [0.2, 0.25) is 0 Å². The van der Waals surface area contributed by atoms with Crippen molar-refractivity contribution in [1.82, 2.24) is 0 Å². The fourth-order valence-electron chi connectivity index (χ4n) is 4.40. The summed E-state index contributed by atoms with van der Waals surface area (Å²) in [4.78, 5) is 2.26. The zero-order valence-corrected chi connectivity index (χ0v) is 23.3. The number of hydrazone groups is 1. The van der Waals surface area contributed by atoms with E-state index in [-0.39, 0.29) is 0 Å². The van der Waals surface area contributed by atoms with Crippen molar-refractivity contribution in [3.8, 4) is 11.5 Å². The molecule has 0 aliphatic rings. The summed E-state index contributed by atoms with van der Waals surface area (Å²) >= 11 is 0. The predicted octanol–water partition coefficient (Wildman–Crippen LogP) is 8.96. The minimum Gasteiger partial charge on any atom is -0.497 e. The molecular weight excluding hydrogens is 494 g/mol. The molecule has 0 atom stereocenters. The summed E-state index contributed by atoms with van der Waals surface area (Å²) in [7, 11) is 3.33.